The van der Waals surface area contributed by atoms with Gasteiger partial charge in [-0.2, -0.15) is 18.3 Å². The number of amides is 1. The molecule has 1 aliphatic heterocycles. The van der Waals surface area contributed by atoms with Gasteiger partial charge in [0.2, 0.25) is 0 Å². The molecule has 40 heavy (non-hydrogen) atoms. The van der Waals surface area contributed by atoms with Crippen LogP contribution in [-0.2, 0) is 15.7 Å². The molecule has 2 aliphatic rings. The Bertz CT molecular complexity index is 1270. The predicted octanol–water partition coefficient (Wildman–Crippen LogP) is 5.61. The number of hydrogen-bond donors (Lipinski definition) is 2. The molecule has 0 bridgehead atoms. The molecule has 2 aromatic heterocycles. The summed E-state index contributed by atoms with van der Waals surface area (Å²) in [4.78, 5) is 41.9. The SMILES string of the molecule is C[C@H]1CCO[C@@H]1C(CC(=O)c1c(Cl)cncc1Cl)NC(=O)c1cnn(C2CCC(C)(C(=O)O)CC2)c1C(F)(F)F. The largest absolute Gasteiger partial charge is 0.481 e. The number of nitrogens with zero attached hydrogens (tertiary/aromatic N) is 3. The van der Waals surface area contributed by atoms with Crippen molar-refractivity contribution in [1.29, 1.82) is 0 Å². The van der Waals surface area contributed by atoms with Crippen LogP contribution in [0.15, 0.2) is 18.6 Å². The quantitative estimate of drug-likeness (QED) is 0.375. The zero-order valence-corrected chi connectivity index (χ0v) is 23.3. The standard InChI is InChI=1S/C26H29Cl2F3N4O5/c1-13-5-8-40-21(13)18(9-19(36)20-16(27)11-32-12-17(20)28)34-23(37)15-10-33-35(22(15)26(29,30)31)14-3-6-25(2,7-4-14)24(38)39/h10-14,18,21H,3-9H2,1-2H3,(H,34,37)(H,38,39)/t13-,14?,18?,21-,25?/m0/s1. The number of hydrogen-bond acceptors (Lipinski definition) is 6. The van der Waals surface area contributed by atoms with Gasteiger partial charge in [-0.25, -0.2) is 0 Å². The molecule has 4 rings (SSSR count). The third-order valence-electron chi connectivity index (χ3n) is 7.92. The Morgan fingerprint density at radius 3 is 2.33 bits per heavy atom. The highest BCUT2D eigenvalue weighted by molar-refractivity contribution is 6.39. The molecule has 0 spiro atoms. The van der Waals surface area contributed by atoms with E-state index in [0.717, 1.165) is 10.9 Å². The first-order valence-electron chi connectivity index (χ1n) is 12.9. The summed E-state index contributed by atoms with van der Waals surface area (Å²) in [6.07, 6.45) is -1.22. The molecular weight excluding hydrogens is 576 g/mol. The number of carboxylic acid groups (broad SMARTS) is 1. The van der Waals surface area contributed by atoms with Crippen LogP contribution in [0.5, 0.6) is 0 Å². The van der Waals surface area contributed by atoms with Crippen molar-refractivity contribution < 1.29 is 37.4 Å². The summed E-state index contributed by atoms with van der Waals surface area (Å²) in [6, 6.07) is -1.70. The number of nitrogens with one attached hydrogen (secondary N) is 1. The summed E-state index contributed by atoms with van der Waals surface area (Å²) < 4.78 is 49.5. The van der Waals surface area contributed by atoms with Gasteiger partial charge in [0.1, 0.15) is 0 Å². The van der Waals surface area contributed by atoms with Gasteiger partial charge in [-0.15, -0.1) is 0 Å². The number of pyridine rings is 1. The fourth-order valence-electron chi connectivity index (χ4n) is 5.49. The maximum atomic E-state index is 14.3. The van der Waals surface area contributed by atoms with Crippen molar-refractivity contribution in [1.82, 2.24) is 20.1 Å². The lowest BCUT2D eigenvalue weighted by Gasteiger charge is -2.34. The number of ketones is 1. The normalized spacial score (nSPS) is 25.9. The van der Waals surface area contributed by atoms with Crippen LogP contribution in [0.3, 0.4) is 0 Å². The molecule has 218 valence electrons. The maximum absolute atomic E-state index is 14.3. The molecule has 1 aliphatic carbocycles. The van der Waals surface area contributed by atoms with E-state index < -0.39 is 58.7 Å². The number of alkyl halides is 3. The van der Waals surface area contributed by atoms with Gasteiger partial charge in [0, 0.05) is 25.4 Å². The number of aliphatic carboxylic acids is 1. The van der Waals surface area contributed by atoms with Gasteiger partial charge in [-0.05, 0) is 44.9 Å². The Labute approximate surface area is 238 Å². The van der Waals surface area contributed by atoms with Gasteiger partial charge in [0.25, 0.3) is 5.91 Å². The topological polar surface area (TPSA) is 123 Å². The van der Waals surface area contributed by atoms with Crippen molar-refractivity contribution in [3.8, 4) is 0 Å². The van der Waals surface area contributed by atoms with Crippen molar-refractivity contribution in [3.05, 3.63) is 45.5 Å². The van der Waals surface area contributed by atoms with Gasteiger partial charge in [0.05, 0.1) is 51.0 Å². The zero-order valence-electron chi connectivity index (χ0n) is 21.8. The summed E-state index contributed by atoms with van der Waals surface area (Å²) in [5.74, 6) is -2.67. The minimum atomic E-state index is -4.92. The number of carbonyl (C=O) groups is 3. The van der Waals surface area contributed by atoms with E-state index in [2.05, 4.69) is 15.4 Å². The van der Waals surface area contributed by atoms with Crippen LogP contribution in [0.2, 0.25) is 10.0 Å². The summed E-state index contributed by atoms with van der Waals surface area (Å²) in [7, 11) is 0. The van der Waals surface area contributed by atoms with Crippen LogP contribution in [0.4, 0.5) is 13.2 Å². The first-order valence-corrected chi connectivity index (χ1v) is 13.6. The molecule has 2 N–H and O–H groups in total. The summed E-state index contributed by atoms with van der Waals surface area (Å²) in [5, 5.41) is 16.0. The lowest BCUT2D eigenvalue weighted by molar-refractivity contribution is -0.152. The highest BCUT2D eigenvalue weighted by Gasteiger charge is 2.45. The number of carbonyl (C=O) groups excluding carboxylic acids is 2. The van der Waals surface area contributed by atoms with Crippen molar-refractivity contribution >= 4 is 40.9 Å². The van der Waals surface area contributed by atoms with Crippen molar-refractivity contribution in [2.24, 2.45) is 11.3 Å². The molecule has 1 amide bonds. The Morgan fingerprint density at radius 1 is 1.18 bits per heavy atom. The Kier molecular flexibility index (Phi) is 8.82. The number of ether oxygens (including phenoxy) is 1. The van der Waals surface area contributed by atoms with E-state index in [0.29, 0.717) is 13.0 Å². The second kappa shape index (κ2) is 11.7. The maximum Gasteiger partial charge on any atom is 0.433 e. The van der Waals surface area contributed by atoms with E-state index in [1.807, 2.05) is 6.92 Å². The molecule has 1 saturated carbocycles. The molecule has 0 aromatic carbocycles. The highest BCUT2D eigenvalue weighted by atomic mass is 35.5. The van der Waals surface area contributed by atoms with Crippen molar-refractivity contribution in [2.75, 3.05) is 6.61 Å². The molecule has 14 heteroatoms. The van der Waals surface area contributed by atoms with Gasteiger partial charge >= 0.3 is 12.1 Å². The van der Waals surface area contributed by atoms with E-state index in [4.69, 9.17) is 27.9 Å². The Hall–Kier alpha value is -2.70. The van der Waals surface area contributed by atoms with E-state index >= 15 is 0 Å². The van der Waals surface area contributed by atoms with E-state index in [9.17, 15) is 32.7 Å². The van der Waals surface area contributed by atoms with Gasteiger partial charge in [-0.3, -0.25) is 24.0 Å². The molecule has 1 saturated heterocycles. The molecule has 2 fully saturated rings. The smallest absolute Gasteiger partial charge is 0.433 e. The summed E-state index contributed by atoms with van der Waals surface area (Å²) in [5.41, 5.74) is -2.94. The van der Waals surface area contributed by atoms with Crippen LogP contribution in [-0.4, -0.2) is 56.3 Å². The lowest BCUT2D eigenvalue weighted by atomic mass is 9.74. The molecule has 2 aromatic rings. The lowest BCUT2D eigenvalue weighted by Crippen LogP contribution is -2.47. The first kappa shape index (κ1) is 30.3. The summed E-state index contributed by atoms with van der Waals surface area (Å²) >= 11 is 12.3. The average molecular weight is 605 g/mol. The van der Waals surface area contributed by atoms with Crippen molar-refractivity contribution in [3.63, 3.8) is 0 Å². The Morgan fingerprint density at radius 2 is 1.80 bits per heavy atom. The molecular formula is C26H29Cl2F3N4O5. The average Bonchev–Trinajstić information content (AvgIpc) is 3.50. The number of aromatic nitrogens is 3. The molecule has 3 heterocycles. The molecule has 9 nitrogen and oxygen atoms in total. The number of rotatable bonds is 8. The molecule has 1 unspecified atom stereocenters. The minimum Gasteiger partial charge on any atom is -0.481 e. The number of halogens is 5. The van der Waals surface area contributed by atoms with Crippen LogP contribution in [0.25, 0.3) is 0 Å². The van der Waals surface area contributed by atoms with E-state index in [-0.39, 0.29) is 53.6 Å². The fraction of sp³-hybridized carbons (Fsp3) is 0.577. The van der Waals surface area contributed by atoms with Gasteiger partial charge in [0.15, 0.2) is 11.5 Å². The van der Waals surface area contributed by atoms with E-state index in [1.54, 1.807) is 6.92 Å². The van der Waals surface area contributed by atoms with E-state index in [1.165, 1.54) is 12.4 Å². The summed E-state index contributed by atoms with van der Waals surface area (Å²) in [6.45, 7) is 3.80. The highest BCUT2D eigenvalue weighted by Crippen LogP contribution is 2.43. The van der Waals surface area contributed by atoms with Crippen LogP contribution >= 0.6 is 23.2 Å². The second-order valence-corrected chi connectivity index (χ2v) is 11.5. The van der Waals surface area contributed by atoms with Gasteiger partial charge < -0.3 is 15.2 Å². The van der Waals surface area contributed by atoms with Crippen LogP contribution in [0, 0.1) is 11.3 Å². The van der Waals surface area contributed by atoms with Crippen molar-refractivity contribution in [2.45, 2.75) is 76.7 Å². The third-order valence-corrected chi connectivity index (χ3v) is 8.50. The second-order valence-electron chi connectivity index (χ2n) is 10.7. The van der Waals surface area contributed by atoms with Crippen LogP contribution < -0.4 is 5.32 Å². The third kappa shape index (κ3) is 6.13. The first-order chi connectivity index (χ1) is 18.7. The predicted molar refractivity (Wildman–Crippen MR) is 138 cm³/mol. The minimum absolute atomic E-state index is 0.00214. The van der Waals surface area contributed by atoms with Gasteiger partial charge in [-0.1, -0.05) is 30.1 Å². The number of carboxylic acids is 1. The molecule has 0 radical (unpaired) electrons. The molecule has 3 atom stereocenters. The Balaban J connectivity index is 1.61. The monoisotopic (exact) mass is 604 g/mol. The van der Waals surface area contributed by atoms with Crippen LogP contribution in [0.1, 0.15) is 84.8 Å². The fourth-order valence-corrected chi connectivity index (χ4v) is 6.07. The number of Topliss-reactive ketones (excluding diaryl/α,β-unsaturated/α-hetero) is 1. The zero-order chi connectivity index (χ0) is 29.4.